The summed E-state index contributed by atoms with van der Waals surface area (Å²) in [5.41, 5.74) is 16.9. The van der Waals surface area contributed by atoms with Gasteiger partial charge in [0.25, 0.3) is 0 Å². The van der Waals surface area contributed by atoms with Crippen LogP contribution in [0.1, 0.15) is 36.5 Å². The van der Waals surface area contributed by atoms with E-state index in [0.29, 0.717) is 5.92 Å². The van der Waals surface area contributed by atoms with E-state index >= 15 is 0 Å². The highest BCUT2D eigenvalue weighted by Crippen LogP contribution is 2.29. The van der Waals surface area contributed by atoms with E-state index < -0.39 is 0 Å². The number of nitrogens with two attached hydrogens (primary N) is 2. The van der Waals surface area contributed by atoms with E-state index in [1.54, 1.807) is 0 Å². The topological polar surface area (TPSA) is 70.5 Å². The average Bonchev–Trinajstić information content (AvgIpc) is 2.83. The smallest absolute Gasteiger partial charge is 0.127 e. The molecule has 1 unspecified atom stereocenters. The minimum absolute atomic E-state index is 0.381. The van der Waals surface area contributed by atoms with Gasteiger partial charge in [-0.3, -0.25) is 0 Å². The Morgan fingerprint density at radius 3 is 1.79 bits per heavy atom. The van der Waals surface area contributed by atoms with Gasteiger partial charge in [-0.1, -0.05) is 38.1 Å². The van der Waals surface area contributed by atoms with E-state index in [2.05, 4.69) is 38.1 Å². The Balaban J connectivity index is 1.35. The van der Waals surface area contributed by atoms with Crippen LogP contribution in [-0.4, -0.2) is 0 Å². The van der Waals surface area contributed by atoms with E-state index in [-0.39, 0.29) is 0 Å². The van der Waals surface area contributed by atoms with Gasteiger partial charge in [-0.2, -0.15) is 0 Å². The van der Waals surface area contributed by atoms with Crippen LogP contribution < -0.4 is 20.9 Å². The summed E-state index contributed by atoms with van der Waals surface area (Å²) >= 11 is 0. The lowest BCUT2D eigenvalue weighted by Gasteiger charge is -2.14. The minimum atomic E-state index is 0.381. The van der Waals surface area contributed by atoms with Crippen LogP contribution in [0.2, 0.25) is 0 Å². The summed E-state index contributed by atoms with van der Waals surface area (Å²) in [4.78, 5) is 0. The highest BCUT2D eigenvalue weighted by atomic mass is 16.5. The van der Waals surface area contributed by atoms with Gasteiger partial charge in [0, 0.05) is 11.4 Å². The Labute approximate surface area is 195 Å². The number of hydrogen-bond donors (Lipinski definition) is 2. The van der Waals surface area contributed by atoms with Crippen LogP contribution >= 0.6 is 0 Å². The van der Waals surface area contributed by atoms with Gasteiger partial charge in [-0.05, 0) is 102 Å². The Bertz CT molecular complexity index is 1180. The van der Waals surface area contributed by atoms with Crippen LogP contribution in [0.15, 0.2) is 91.0 Å². The highest BCUT2D eigenvalue weighted by Gasteiger charge is 2.09. The zero-order chi connectivity index (χ0) is 23.2. The van der Waals surface area contributed by atoms with Crippen molar-refractivity contribution in [3.8, 4) is 23.0 Å². The van der Waals surface area contributed by atoms with Crippen LogP contribution in [0.3, 0.4) is 0 Å². The maximum absolute atomic E-state index is 6.02. The lowest BCUT2D eigenvalue weighted by Crippen LogP contribution is -1.99. The van der Waals surface area contributed by atoms with Gasteiger partial charge >= 0.3 is 0 Å². The van der Waals surface area contributed by atoms with Crippen molar-refractivity contribution in [3.63, 3.8) is 0 Å². The fourth-order valence-electron chi connectivity index (χ4n) is 3.79. The number of ether oxygens (including phenoxy) is 2. The SMILES string of the molecule is CCc1cc(Oc2ccc(C(C)Cc3ccc(Oc4ccc(N)cc4)cc3)cc2)ccc1N. The monoisotopic (exact) mass is 438 g/mol. The maximum Gasteiger partial charge on any atom is 0.127 e. The molecule has 4 heteroatoms. The Hall–Kier alpha value is -3.92. The lowest BCUT2D eigenvalue weighted by molar-refractivity contribution is 0.481. The fourth-order valence-corrected chi connectivity index (χ4v) is 3.79. The van der Waals surface area contributed by atoms with Crippen LogP contribution in [-0.2, 0) is 12.8 Å². The summed E-state index contributed by atoms with van der Waals surface area (Å²) in [6.07, 6.45) is 1.83. The maximum atomic E-state index is 6.02. The second-order valence-corrected chi connectivity index (χ2v) is 8.31. The second-order valence-electron chi connectivity index (χ2n) is 8.31. The van der Waals surface area contributed by atoms with Crippen LogP contribution in [0, 0.1) is 0 Å². The number of benzene rings is 4. The first kappa shape index (κ1) is 22.3. The molecule has 1 atom stereocenters. The molecule has 4 aromatic rings. The zero-order valence-corrected chi connectivity index (χ0v) is 19.1. The zero-order valence-electron chi connectivity index (χ0n) is 19.1. The van der Waals surface area contributed by atoms with Gasteiger partial charge < -0.3 is 20.9 Å². The first-order valence-corrected chi connectivity index (χ1v) is 11.3. The standard InChI is InChI=1S/C29H30N2O2/c1-3-22-19-28(16-17-29(22)31)33-26-12-6-23(7-13-26)20(2)18-21-4-10-25(11-5-21)32-27-14-8-24(30)9-15-27/h4-17,19-20H,3,18,30-31H2,1-2H3. The Kier molecular flexibility index (Phi) is 6.84. The number of nitrogen functional groups attached to an aromatic ring is 2. The third-order valence-corrected chi connectivity index (χ3v) is 5.76. The van der Waals surface area contributed by atoms with Crippen molar-refractivity contribution in [3.05, 3.63) is 108 Å². The first-order chi connectivity index (χ1) is 16.0. The van der Waals surface area contributed by atoms with Gasteiger partial charge in [0.2, 0.25) is 0 Å². The van der Waals surface area contributed by atoms with Crippen molar-refractivity contribution in [1.82, 2.24) is 0 Å². The molecule has 0 aliphatic carbocycles. The third kappa shape index (κ3) is 5.86. The van der Waals surface area contributed by atoms with E-state index in [0.717, 1.165) is 52.8 Å². The Morgan fingerprint density at radius 1 is 0.667 bits per heavy atom. The molecule has 4 aromatic carbocycles. The van der Waals surface area contributed by atoms with Crippen molar-refractivity contribution in [2.24, 2.45) is 0 Å². The van der Waals surface area contributed by atoms with Gasteiger partial charge in [-0.25, -0.2) is 0 Å². The van der Waals surface area contributed by atoms with E-state index in [9.17, 15) is 0 Å². The molecule has 4 rings (SSSR count). The summed E-state index contributed by atoms with van der Waals surface area (Å²) < 4.78 is 11.9. The summed E-state index contributed by atoms with van der Waals surface area (Å²) in [5, 5.41) is 0. The van der Waals surface area contributed by atoms with E-state index in [1.165, 1.54) is 11.1 Å². The molecule has 0 amide bonds. The predicted octanol–water partition coefficient (Wildman–Crippen LogP) is 7.34. The molecule has 0 fully saturated rings. The van der Waals surface area contributed by atoms with Crippen LogP contribution in [0.25, 0.3) is 0 Å². The second kappa shape index (κ2) is 10.1. The van der Waals surface area contributed by atoms with E-state index in [1.807, 2.05) is 66.7 Å². The molecule has 0 spiro atoms. The van der Waals surface area contributed by atoms with Gasteiger partial charge in [0.15, 0.2) is 0 Å². The number of aryl methyl sites for hydroxylation is 1. The minimum Gasteiger partial charge on any atom is -0.457 e. The lowest BCUT2D eigenvalue weighted by atomic mass is 9.94. The van der Waals surface area contributed by atoms with Crippen LogP contribution in [0.5, 0.6) is 23.0 Å². The van der Waals surface area contributed by atoms with Crippen molar-refractivity contribution < 1.29 is 9.47 Å². The third-order valence-electron chi connectivity index (χ3n) is 5.76. The summed E-state index contributed by atoms with van der Waals surface area (Å²) in [6.45, 7) is 4.33. The van der Waals surface area contributed by atoms with Crippen molar-refractivity contribution in [1.29, 1.82) is 0 Å². The molecule has 4 nitrogen and oxygen atoms in total. The van der Waals surface area contributed by atoms with Gasteiger partial charge in [-0.15, -0.1) is 0 Å². The molecule has 0 aliphatic rings. The predicted molar refractivity (Wildman–Crippen MR) is 136 cm³/mol. The quantitative estimate of drug-likeness (QED) is 0.282. The molecular formula is C29H30N2O2. The van der Waals surface area contributed by atoms with Crippen molar-refractivity contribution in [2.75, 3.05) is 11.5 Å². The molecule has 0 heterocycles. The summed E-state index contributed by atoms with van der Waals surface area (Å²) in [6, 6.07) is 29.8. The molecule has 168 valence electrons. The molecule has 0 radical (unpaired) electrons. The molecule has 0 bridgehead atoms. The molecular weight excluding hydrogens is 408 g/mol. The Morgan fingerprint density at radius 2 is 1.18 bits per heavy atom. The molecule has 4 N–H and O–H groups in total. The molecule has 33 heavy (non-hydrogen) atoms. The van der Waals surface area contributed by atoms with Crippen molar-refractivity contribution >= 4 is 11.4 Å². The normalized spacial score (nSPS) is 11.7. The average molecular weight is 439 g/mol. The van der Waals surface area contributed by atoms with Crippen molar-refractivity contribution in [2.45, 2.75) is 32.6 Å². The highest BCUT2D eigenvalue weighted by molar-refractivity contribution is 5.51. The molecule has 0 saturated carbocycles. The van der Waals surface area contributed by atoms with Crippen LogP contribution in [0.4, 0.5) is 11.4 Å². The van der Waals surface area contributed by atoms with E-state index in [4.69, 9.17) is 20.9 Å². The first-order valence-electron chi connectivity index (χ1n) is 11.3. The number of anilines is 2. The number of hydrogen-bond acceptors (Lipinski definition) is 4. The van der Waals surface area contributed by atoms with Gasteiger partial charge in [0.05, 0.1) is 0 Å². The number of rotatable bonds is 8. The molecule has 0 saturated heterocycles. The van der Waals surface area contributed by atoms with Gasteiger partial charge in [0.1, 0.15) is 23.0 Å². The summed E-state index contributed by atoms with van der Waals surface area (Å²) in [7, 11) is 0. The molecule has 0 aliphatic heterocycles. The largest absolute Gasteiger partial charge is 0.457 e. The molecule has 0 aromatic heterocycles. The fraction of sp³-hybridized carbons (Fsp3) is 0.172. The summed E-state index contributed by atoms with van der Waals surface area (Å²) in [5.74, 6) is 3.60.